The number of oxazole rings is 2. The Labute approximate surface area is 178 Å². The van der Waals surface area contributed by atoms with Gasteiger partial charge in [-0.25, -0.2) is 9.97 Å². The Balaban J connectivity index is 1.89. The number of likely N-dealkylation sites (N-methyl/N-ethyl adjacent to an activating group) is 1. The van der Waals surface area contributed by atoms with Crippen LogP contribution >= 0.6 is 11.5 Å². The lowest BCUT2D eigenvalue weighted by atomic mass is 9.71. The first-order valence-electron chi connectivity index (χ1n) is 9.94. The summed E-state index contributed by atoms with van der Waals surface area (Å²) in [6.45, 7) is 4.29. The molecule has 158 valence electrons. The number of nitrogens with zero attached hydrogens (tertiary/aromatic N) is 6. The van der Waals surface area contributed by atoms with E-state index in [1.54, 1.807) is 32.0 Å². The Morgan fingerprint density at radius 2 is 1.93 bits per heavy atom. The molecule has 9 nitrogen and oxygen atoms in total. The topological polar surface area (TPSA) is 93.5 Å². The smallest absolute Gasteiger partial charge is 0.242 e. The fourth-order valence-corrected chi connectivity index (χ4v) is 5.95. The standard InChI is InChI=1S/C20H24N6O3S/c1-14-16(17-21-6-10-28-17)25(2)19(13-27-3,15-12-30-24-23-15)20(14,18-22-7-11-29-18)26-8-4-5-9-26/h6-7,10-12H,4-5,8-9,13H2,1-3H3. The summed E-state index contributed by atoms with van der Waals surface area (Å²) in [7, 11) is 3.74. The molecule has 5 heterocycles. The molecule has 0 radical (unpaired) electrons. The molecule has 3 aromatic heterocycles. The molecule has 2 aliphatic rings. The molecule has 1 saturated heterocycles. The summed E-state index contributed by atoms with van der Waals surface area (Å²) in [5.74, 6) is 1.16. The zero-order chi connectivity index (χ0) is 20.8. The number of likely N-dealkylation sites (tertiary alicyclic amines) is 1. The quantitative estimate of drug-likeness (QED) is 0.587. The van der Waals surface area contributed by atoms with E-state index < -0.39 is 11.1 Å². The van der Waals surface area contributed by atoms with Crippen molar-refractivity contribution in [1.82, 2.24) is 29.4 Å². The maximum Gasteiger partial charge on any atom is 0.242 e. The second-order valence-corrected chi connectivity index (χ2v) is 8.30. The molecule has 5 rings (SSSR count). The first kappa shape index (κ1) is 19.4. The van der Waals surface area contributed by atoms with Gasteiger partial charge in [0.1, 0.15) is 29.5 Å². The molecular weight excluding hydrogens is 404 g/mol. The van der Waals surface area contributed by atoms with Crippen LogP contribution in [0.15, 0.2) is 44.7 Å². The van der Waals surface area contributed by atoms with E-state index in [0.717, 1.165) is 42.9 Å². The van der Waals surface area contributed by atoms with Crippen molar-refractivity contribution in [2.45, 2.75) is 30.8 Å². The van der Waals surface area contributed by atoms with Gasteiger partial charge >= 0.3 is 0 Å². The number of hydrogen-bond donors (Lipinski definition) is 0. The highest BCUT2D eigenvalue weighted by Crippen LogP contribution is 2.61. The van der Waals surface area contributed by atoms with Crippen LogP contribution in [0, 0.1) is 0 Å². The Kier molecular flexibility index (Phi) is 4.72. The van der Waals surface area contributed by atoms with Crippen LogP contribution in [0.5, 0.6) is 0 Å². The molecule has 0 bridgehead atoms. The van der Waals surface area contributed by atoms with Gasteiger partial charge in [-0.1, -0.05) is 4.49 Å². The minimum atomic E-state index is -0.766. The van der Waals surface area contributed by atoms with E-state index in [0.29, 0.717) is 18.4 Å². The molecule has 0 saturated carbocycles. The number of rotatable bonds is 6. The van der Waals surface area contributed by atoms with E-state index in [4.69, 9.17) is 13.6 Å². The van der Waals surface area contributed by atoms with E-state index in [-0.39, 0.29) is 0 Å². The van der Waals surface area contributed by atoms with Crippen LogP contribution in [0.3, 0.4) is 0 Å². The molecule has 0 amide bonds. The third-order valence-corrected chi connectivity index (χ3v) is 7.00. The average molecular weight is 429 g/mol. The van der Waals surface area contributed by atoms with Gasteiger partial charge < -0.3 is 18.5 Å². The normalized spacial score (nSPS) is 27.5. The van der Waals surface area contributed by atoms with Crippen molar-refractivity contribution in [3.05, 3.63) is 53.3 Å². The van der Waals surface area contributed by atoms with Crippen LogP contribution in [0.1, 0.15) is 37.2 Å². The summed E-state index contributed by atoms with van der Waals surface area (Å²) in [5, 5.41) is 6.52. The van der Waals surface area contributed by atoms with Crippen molar-refractivity contribution in [3.8, 4) is 0 Å². The van der Waals surface area contributed by atoms with Crippen LogP contribution < -0.4 is 0 Å². The minimum absolute atomic E-state index is 0.356. The lowest BCUT2D eigenvalue weighted by Gasteiger charge is -2.51. The molecule has 0 aliphatic carbocycles. The van der Waals surface area contributed by atoms with Crippen molar-refractivity contribution < 1.29 is 13.6 Å². The summed E-state index contributed by atoms with van der Waals surface area (Å²) in [6.07, 6.45) is 8.78. The molecular formula is C20H24N6O3S. The fourth-order valence-electron chi connectivity index (χ4n) is 5.42. The highest BCUT2D eigenvalue weighted by molar-refractivity contribution is 7.03. The summed E-state index contributed by atoms with van der Waals surface area (Å²) in [5.41, 5.74) is 1.22. The van der Waals surface area contributed by atoms with Gasteiger partial charge in [0, 0.05) is 19.5 Å². The summed E-state index contributed by atoms with van der Waals surface area (Å²) in [4.78, 5) is 13.8. The van der Waals surface area contributed by atoms with Gasteiger partial charge in [-0.15, -0.1) is 5.10 Å². The van der Waals surface area contributed by atoms with Crippen LogP contribution in [0.25, 0.3) is 5.70 Å². The SMILES string of the molecule is COCC1(c2csnn2)N(C)C(c2ncco2)=C(C)C1(c1ncco1)N1CCCC1. The lowest BCUT2D eigenvalue weighted by Crippen LogP contribution is -2.64. The minimum Gasteiger partial charge on any atom is -0.446 e. The lowest BCUT2D eigenvalue weighted by molar-refractivity contribution is -0.0623. The van der Waals surface area contributed by atoms with Crippen molar-refractivity contribution in [2.75, 3.05) is 33.9 Å². The molecule has 1 fully saturated rings. The molecule has 30 heavy (non-hydrogen) atoms. The van der Waals surface area contributed by atoms with E-state index in [1.165, 1.54) is 11.5 Å². The largest absolute Gasteiger partial charge is 0.446 e. The zero-order valence-electron chi connectivity index (χ0n) is 17.2. The highest BCUT2D eigenvalue weighted by atomic mass is 32.1. The molecule has 0 aromatic carbocycles. The van der Waals surface area contributed by atoms with Crippen LogP contribution in [0.2, 0.25) is 0 Å². The number of methoxy groups -OCH3 is 1. The monoisotopic (exact) mass is 428 g/mol. The zero-order valence-corrected chi connectivity index (χ0v) is 18.1. The Bertz CT molecular complexity index is 1010. The van der Waals surface area contributed by atoms with E-state index in [1.807, 2.05) is 12.4 Å². The molecule has 0 N–H and O–H groups in total. The van der Waals surface area contributed by atoms with Crippen molar-refractivity contribution in [3.63, 3.8) is 0 Å². The Hall–Kier alpha value is -2.56. The Morgan fingerprint density at radius 1 is 1.17 bits per heavy atom. The molecule has 3 aromatic rings. The molecule has 2 aliphatic heterocycles. The van der Waals surface area contributed by atoms with Crippen molar-refractivity contribution in [1.29, 1.82) is 0 Å². The van der Waals surface area contributed by atoms with Gasteiger partial charge in [0.05, 0.1) is 19.0 Å². The van der Waals surface area contributed by atoms with Gasteiger partial charge in [0.15, 0.2) is 5.54 Å². The summed E-state index contributed by atoms with van der Waals surface area (Å²) >= 11 is 1.32. The average Bonchev–Trinajstić information content (AvgIpc) is 3.56. The molecule has 0 spiro atoms. The van der Waals surface area contributed by atoms with E-state index >= 15 is 0 Å². The van der Waals surface area contributed by atoms with Crippen molar-refractivity contribution in [2.24, 2.45) is 0 Å². The first-order valence-corrected chi connectivity index (χ1v) is 10.8. The van der Waals surface area contributed by atoms with Crippen LogP contribution in [-0.2, 0) is 15.8 Å². The fraction of sp³-hybridized carbons (Fsp3) is 0.500. The van der Waals surface area contributed by atoms with Gasteiger partial charge in [0.2, 0.25) is 11.8 Å². The number of aromatic nitrogens is 4. The third kappa shape index (κ3) is 2.35. The third-order valence-electron chi connectivity index (χ3n) is 6.50. The van der Waals surface area contributed by atoms with Gasteiger partial charge in [-0.05, 0) is 50.0 Å². The van der Waals surface area contributed by atoms with E-state index in [2.05, 4.69) is 36.3 Å². The first-order chi connectivity index (χ1) is 14.7. The van der Waals surface area contributed by atoms with Crippen molar-refractivity contribution >= 4 is 17.2 Å². The van der Waals surface area contributed by atoms with Crippen LogP contribution in [0.4, 0.5) is 0 Å². The van der Waals surface area contributed by atoms with Gasteiger partial charge in [0.25, 0.3) is 0 Å². The maximum absolute atomic E-state index is 6.05. The molecule has 10 heteroatoms. The maximum atomic E-state index is 6.05. The van der Waals surface area contributed by atoms with Crippen LogP contribution in [-0.4, -0.2) is 63.2 Å². The van der Waals surface area contributed by atoms with Gasteiger partial charge in [-0.3, -0.25) is 4.90 Å². The second-order valence-electron chi connectivity index (χ2n) is 7.70. The predicted molar refractivity (Wildman–Crippen MR) is 109 cm³/mol. The predicted octanol–water partition coefficient (Wildman–Crippen LogP) is 2.72. The van der Waals surface area contributed by atoms with Gasteiger partial charge in [-0.2, -0.15) is 0 Å². The molecule has 2 unspecified atom stereocenters. The summed E-state index contributed by atoms with van der Waals surface area (Å²) in [6, 6.07) is 0. The Morgan fingerprint density at radius 3 is 2.53 bits per heavy atom. The van der Waals surface area contributed by atoms with E-state index in [9.17, 15) is 0 Å². The number of ether oxygens (including phenoxy) is 1. The number of hydrogen-bond acceptors (Lipinski definition) is 10. The highest BCUT2D eigenvalue weighted by Gasteiger charge is 2.70. The molecule has 2 atom stereocenters. The second kappa shape index (κ2) is 7.29. The summed E-state index contributed by atoms with van der Waals surface area (Å²) < 4.78 is 21.9.